The number of esters is 1. The van der Waals surface area contributed by atoms with E-state index in [-0.39, 0.29) is 35.5 Å². The van der Waals surface area contributed by atoms with Gasteiger partial charge in [-0.1, -0.05) is 26.8 Å². The number of hydrogen-bond acceptors (Lipinski definition) is 5. The van der Waals surface area contributed by atoms with Gasteiger partial charge >= 0.3 is 5.97 Å². The van der Waals surface area contributed by atoms with Gasteiger partial charge in [-0.05, 0) is 60.8 Å². The number of amides is 2. The van der Waals surface area contributed by atoms with Gasteiger partial charge in [-0.2, -0.15) is 0 Å². The van der Waals surface area contributed by atoms with Crippen molar-refractivity contribution >= 4 is 17.8 Å². The van der Waals surface area contributed by atoms with Gasteiger partial charge in [0, 0.05) is 24.8 Å². The first-order valence-corrected chi connectivity index (χ1v) is 12.1. The molecule has 1 saturated heterocycles. The number of carbonyl (C=O) groups excluding carboxylic acids is 3. The highest BCUT2D eigenvalue weighted by Crippen LogP contribution is 2.60. The van der Waals surface area contributed by atoms with Crippen LogP contribution in [0.2, 0.25) is 0 Å². The molecule has 1 N–H and O–H groups in total. The predicted octanol–water partition coefficient (Wildman–Crippen LogP) is 3.05. The molecule has 1 aromatic rings. The quantitative estimate of drug-likeness (QED) is 0.665. The average Bonchev–Trinajstić information content (AvgIpc) is 3.13. The number of ether oxygens (including phenoxy) is 2. The van der Waals surface area contributed by atoms with Gasteiger partial charge in [-0.25, -0.2) is 4.79 Å². The van der Waals surface area contributed by atoms with Crippen molar-refractivity contribution in [2.75, 3.05) is 20.8 Å². The molecule has 3 aliphatic rings. The van der Waals surface area contributed by atoms with Gasteiger partial charge in [0.15, 0.2) is 0 Å². The molecule has 1 saturated carbocycles. The van der Waals surface area contributed by atoms with Crippen molar-refractivity contribution < 1.29 is 23.9 Å². The first-order valence-electron chi connectivity index (χ1n) is 12.1. The zero-order chi connectivity index (χ0) is 23.9. The third kappa shape index (κ3) is 3.89. The Bertz CT molecular complexity index is 945. The van der Waals surface area contributed by atoms with Gasteiger partial charge in [0.2, 0.25) is 11.8 Å². The Kier molecular flexibility index (Phi) is 6.43. The van der Waals surface area contributed by atoms with E-state index < -0.39 is 17.6 Å². The third-order valence-corrected chi connectivity index (χ3v) is 7.89. The second-order valence-corrected chi connectivity index (χ2v) is 10.3. The Balaban J connectivity index is 1.71. The molecule has 4 rings (SSSR count). The van der Waals surface area contributed by atoms with Crippen molar-refractivity contribution in [1.82, 2.24) is 10.2 Å². The predicted molar refractivity (Wildman–Crippen MR) is 123 cm³/mol. The molecular weight excluding hydrogens is 420 g/mol. The molecule has 1 aromatic carbocycles. The summed E-state index contributed by atoms with van der Waals surface area (Å²) in [4.78, 5) is 41.2. The van der Waals surface area contributed by atoms with Crippen molar-refractivity contribution in [2.24, 2.45) is 23.7 Å². The first kappa shape index (κ1) is 23.6. The fourth-order valence-corrected chi connectivity index (χ4v) is 6.66. The number of rotatable bonds is 6. The maximum absolute atomic E-state index is 13.6. The minimum Gasteiger partial charge on any atom is -0.497 e. The number of methoxy groups -OCH3 is 2. The molecule has 1 spiro atoms. The van der Waals surface area contributed by atoms with Crippen LogP contribution in [0, 0.1) is 23.7 Å². The number of benzene rings is 1. The van der Waals surface area contributed by atoms with Crippen molar-refractivity contribution in [3.05, 3.63) is 29.3 Å². The lowest BCUT2D eigenvalue weighted by molar-refractivity contribution is -0.146. The summed E-state index contributed by atoms with van der Waals surface area (Å²) < 4.78 is 10.4. The topological polar surface area (TPSA) is 84.9 Å². The van der Waals surface area contributed by atoms with Crippen molar-refractivity contribution in [3.8, 4) is 5.75 Å². The Morgan fingerprint density at radius 3 is 2.70 bits per heavy atom. The summed E-state index contributed by atoms with van der Waals surface area (Å²) in [5.41, 5.74) is 1.89. The summed E-state index contributed by atoms with van der Waals surface area (Å²) in [6.07, 6.45) is 3.40. The van der Waals surface area contributed by atoms with E-state index in [1.165, 1.54) is 12.7 Å². The standard InChI is InChI=1S/C26H36N2O5/c1-15(2)11-21(25(31)33-5)27-24(30)23-16(3)14-26-19-9-8-18(32-4)12-17(19)7-6-10-28(26)22(29)13-20(23)26/h8-9,12,15-16,20-21,23H,6-7,10-11,13-14H2,1-5H3,(H,27,30). The molecule has 0 bridgehead atoms. The summed E-state index contributed by atoms with van der Waals surface area (Å²) in [7, 11) is 3.01. The van der Waals surface area contributed by atoms with Crippen LogP contribution >= 0.6 is 0 Å². The number of carbonyl (C=O) groups is 3. The molecule has 2 aliphatic heterocycles. The van der Waals surface area contributed by atoms with Gasteiger partial charge in [-0.3, -0.25) is 9.59 Å². The number of aryl methyl sites for hydroxylation is 1. The van der Waals surface area contributed by atoms with Crippen LogP contribution in [0.3, 0.4) is 0 Å². The van der Waals surface area contributed by atoms with Gasteiger partial charge in [0.05, 0.1) is 19.8 Å². The van der Waals surface area contributed by atoms with Crippen LogP contribution < -0.4 is 10.1 Å². The van der Waals surface area contributed by atoms with E-state index in [1.54, 1.807) is 7.11 Å². The lowest BCUT2D eigenvalue weighted by Crippen LogP contribution is -2.48. The highest BCUT2D eigenvalue weighted by molar-refractivity contribution is 5.89. The Hall–Kier alpha value is -2.57. The molecule has 7 nitrogen and oxygen atoms in total. The normalized spacial score (nSPS) is 29.1. The maximum atomic E-state index is 13.6. The first-order chi connectivity index (χ1) is 15.7. The van der Waals surface area contributed by atoms with Gasteiger partial charge < -0.3 is 19.7 Å². The maximum Gasteiger partial charge on any atom is 0.328 e. The fourth-order valence-electron chi connectivity index (χ4n) is 6.66. The van der Waals surface area contributed by atoms with Crippen LogP contribution in [-0.2, 0) is 31.1 Å². The van der Waals surface area contributed by atoms with E-state index >= 15 is 0 Å². The molecule has 7 heteroatoms. The Morgan fingerprint density at radius 2 is 2.03 bits per heavy atom. The number of nitrogens with zero attached hydrogens (tertiary/aromatic N) is 1. The van der Waals surface area contributed by atoms with Crippen LogP contribution in [0.5, 0.6) is 5.75 Å². The number of hydrogen-bond donors (Lipinski definition) is 1. The lowest BCUT2D eigenvalue weighted by atomic mass is 9.76. The molecule has 0 aromatic heterocycles. The molecule has 33 heavy (non-hydrogen) atoms. The van der Waals surface area contributed by atoms with E-state index in [0.717, 1.165) is 30.6 Å². The number of fused-ring (bicyclic) bond motifs is 1. The largest absolute Gasteiger partial charge is 0.497 e. The van der Waals surface area contributed by atoms with Crippen molar-refractivity contribution in [2.45, 2.75) is 64.5 Å². The molecular formula is C26H36N2O5. The van der Waals surface area contributed by atoms with E-state index in [9.17, 15) is 14.4 Å². The third-order valence-electron chi connectivity index (χ3n) is 7.89. The highest BCUT2D eigenvalue weighted by Gasteiger charge is 2.64. The van der Waals surface area contributed by atoms with E-state index in [0.29, 0.717) is 19.4 Å². The lowest BCUT2D eigenvalue weighted by Gasteiger charge is -2.39. The van der Waals surface area contributed by atoms with E-state index in [2.05, 4.69) is 24.4 Å². The minimum absolute atomic E-state index is 0.0796. The van der Waals surface area contributed by atoms with Crippen LogP contribution in [0.15, 0.2) is 18.2 Å². The van der Waals surface area contributed by atoms with E-state index in [1.807, 2.05) is 24.8 Å². The highest BCUT2D eigenvalue weighted by atomic mass is 16.5. The summed E-state index contributed by atoms with van der Waals surface area (Å²) in [5, 5.41) is 2.99. The van der Waals surface area contributed by atoms with Gasteiger partial charge in [0.1, 0.15) is 11.8 Å². The molecule has 0 radical (unpaired) electrons. The van der Waals surface area contributed by atoms with Crippen LogP contribution in [-0.4, -0.2) is 49.5 Å². The number of nitrogens with one attached hydrogen (secondary N) is 1. The Labute approximate surface area is 196 Å². The summed E-state index contributed by atoms with van der Waals surface area (Å²) >= 11 is 0. The molecule has 5 atom stereocenters. The zero-order valence-electron chi connectivity index (χ0n) is 20.3. The molecule has 1 aliphatic carbocycles. The summed E-state index contributed by atoms with van der Waals surface area (Å²) in [6, 6.07) is 5.47. The van der Waals surface area contributed by atoms with Gasteiger partial charge in [-0.15, -0.1) is 0 Å². The fraction of sp³-hybridized carbons (Fsp3) is 0.654. The monoisotopic (exact) mass is 456 g/mol. The molecule has 2 heterocycles. The SMILES string of the molecule is COC(=O)C(CC(C)C)NC(=O)C1C(C)CC23c4ccc(OC)cc4CCCN2C(=O)CC13. The zero-order valence-corrected chi connectivity index (χ0v) is 20.3. The van der Waals surface area contributed by atoms with Crippen LogP contribution in [0.4, 0.5) is 0 Å². The Morgan fingerprint density at radius 1 is 1.27 bits per heavy atom. The smallest absolute Gasteiger partial charge is 0.328 e. The van der Waals surface area contributed by atoms with Crippen molar-refractivity contribution in [1.29, 1.82) is 0 Å². The molecule has 5 unspecified atom stereocenters. The second-order valence-electron chi connectivity index (χ2n) is 10.3. The summed E-state index contributed by atoms with van der Waals surface area (Å²) in [5.74, 6) is 0.219. The van der Waals surface area contributed by atoms with Crippen LogP contribution in [0.25, 0.3) is 0 Å². The molecule has 2 fully saturated rings. The molecule has 180 valence electrons. The minimum atomic E-state index is -0.676. The summed E-state index contributed by atoms with van der Waals surface area (Å²) in [6.45, 7) is 6.83. The van der Waals surface area contributed by atoms with Crippen LogP contribution in [0.1, 0.15) is 57.6 Å². The second kappa shape index (κ2) is 8.99. The van der Waals surface area contributed by atoms with E-state index in [4.69, 9.17) is 9.47 Å². The van der Waals surface area contributed by atoms with Gasteiger partial charge in [0.25, 0.3) is 0 Å². The van der Waals surface area contributed by atoms with Crippen molar-refractivity contribution in [3.63, 3.8) is 0 Å². The molecule has 2 amide bonds. The average molecular weight is 457 g/mol.